The summed E-state index contributed by atoms with van der Waals surface area (Å²) in [5, 5.41) is 9.35. The molecule has 0 spiro atoms. The van der Waals surface area contributed by atoms with Gasteiger partial charge in [0, 0.05) is 11.3 Å². The summed E-state index contributed by atoms with van der Waals surface area (Å²) in [6, 6.07) is 5.78. The normalized spacial score (nSPS) is 13.6. The molecule has 0 fully saturated rings. The Morgan fingerprint density at radius 3 is 3.00 bits per heavy atom. The highest BCUT2D eigenvalue weighted by atomic mass is 16.1. The zero-order valence-electron chi connectivity index (χ0n) is 8.45. The maximum Gasteiger partial charge on any atom is 0.228 e. The van der Waals surface area contributed by atoms with Crippen LogP contribution in [0.15, 0.2) is 24.4 Å². The molecule has 1 amide bonds. The van der Waals surface area contributed by atoms with Crippen LogP contribution in [-0.4, -0.2) is 16.1 Å². The first-order chi connectivity index (χ1) is 7.74. The van der Waals surface area contributed by atoms with E-state index in [1.807, 2.05) is 18.2 Å². The standard InChI is InChI=1S/C11H10N4O/c12-11-8(5-13-15-11)6-1-2-9-7(3-6)4-10(16)14-9/h1-3,5H,4H2,(H,14,16)(H3,12,13,15). The lowest BCUT2D eigenvalue weighted by Gasteiger charge is -2.02. The van der Waals surface area contributed by atoms with Gasteiger partial charge in [-0.25, -0.2) is 0 Å². The van der Waals surface area contributed by atoms with Crippen molar-refractivity contribution in [3.05, 3.63) is 30.0 Å². The molecule has 0 saturated heterocycles. The number of nitrogens with two attached hydrogens (primary N) is 1. The fraction of sp³-hybridized carbons (Fsp3) is 0.0909. The topological polar surface area (TPSA) is 83.8 Å². The van der Waals surface area contributed by atoms with Gasteiger partial charge in [-0.3, -0.25) is 9.89 Å². The molecule has 1 aromatic heterocycles. The third-order valence-corrected chi connectivity index (χ3v) is 2.71. The van der Waals surface area contributed by atoms with E-state index in [1.165, 1.54) is 0 Å². The van der Waals surface area contributed by atoms with Crippen molar-refractivity contribution >= 4 is 17.4 Å². The number of aromatic nitrogens is 2. The lowest BCUT2D eigenvalue weighted by Crippen LogP contribution is -2.03. The molecule has 2 aromatic rings. The number of rotatable bonds is 1. The van der Waals surface area contributed by atoms with E-state index in [9.17, 15) is 4.79 Å². The molecular formula is C11H10N4O. The number of carbonyl (C=O) groups is 1. The van der Waals surface area contributed by atoms with Gasteiger partial charge in [0.1, 0.15) is 5.82 Å². The first-order valence-electron chi connectivity index (χ1n) is 4.96. The van der Waals surface area contributed by atoms with Crippen molar-refractivity contribution in [3.8, 4) is 11.1 Å². The number of hydrogen-bond donors (Lipinski definition) is 3. The van der Waals surface area contributed by atoms with E-state index in [-0.39, 0.29) is 5.91 Å². The average Bonchev–Trinajstić information content (AvgIpc) is 2.81. The van der Waals surface area contributed by atoms with E-state index >= 15 is 0 Å². The first-order valence-corrected chi connectivity index (χ1v) is 4.96. The molecule has 1 aliphatic heterocycles. The summed E-state index contributed by atoms with van der Waals surface area (Å²) in [5.74, 6) is 0.574. The SMILES string of the molecule is Nc1[nH]ncc1-c1ccc2c(c1)CC(=O)N2. The number of nitrogens with zero attached hydrogens (tertiary/aromatic N) is 1. The highest BCUT2D eigenvalue weighted by Gasteiger charge is 2.18. The van der Waals surface area contributed by atoms with Crippen molar-refractivity contribution < 1.29 is 4.79 Å². The highest BCUT2D eigenvalue weighted by Crippen LogP contribution is 2.30. The van der Waals surface area contributed by atoms with Crippen LogP contribution in [0.2, 0.25) is 0 Å². The molecule has 0 saturated carbocycles. The zero-order valence-corrected chi connectivity index (χ0v) is 8.45. The highest BCUT2D eigenvalue weighted by molar-refractivity contribution is 5.99. The van der Waals surface area contributed by atoms with Crippen LogP contribution in [0.5, 0.6) is 0 Å². The van der Waals surface area contributed by atoms with E-state index < -0.39 is 0 Å². The zero-order chi connectivity index (χ0) is 11.1. The molecule has 3 rings (SSSR count). The molecule has 5 heteroatoms. The number of H-pyrrole nitrogens is 1. The molecule has 0 unspecified atom stereocenters. The maximum atomic E-state index is 11.2. The van der Waals surface area contributed by atoms with E-state index in [0.717, 1.165) is 22.4 Å². The minimum absolute atomic E-state index is 0.0346. The number of amides is 1. The van der Waals surface area contributed by atoms with Crippen LogP contribution in [-0.2, 0) is 11.2 Å². The molecular weight excluding hydrogens is 204 g/mol. The van der Waals surface area contributed by atoms with Gasteiger partial charge in [-0.1, -0.05) is 6.07 Å². The first kappa shape index (κ1) is 8.96. The Hall–Kier alpha value is -2.30. The van der Waals surface area contributed by atoms with E-state index in [4.69, 9.17) is 5.73 Å². The van der Waals surface area contributed by atoms with Gasteiger partial charge >= 0.3 is 0 Å². The van der Waals surface area contributed by atoms with Crippen molar-refractivity contribution in [1.82, 2.24) is 10.2 Å². The van der Waals surface area contributed by atoms with Crippen molar-refractivity contribution in [1.29, 1.82) is 0 Å². The fourth-order valence-electron chi connectivity index (χ4n) is 1.92. The third-order valence-electron chi connectivity index (χ3n) is 2.71. The molecule has 0 bridgehead atoms. The summed E-state index contributed by atoms with van der Waals surface area (Å²) in [4.78, 5) is 11.2. The lowest BCUT2D eigenvalue weighted by molar-refractivity contribution is -0.115. The Balaban J connectivity index is 2.09. The Bertz CT molecular complexity index is 573. The van der Waals surface area contributed by atoms with Crippen molar-refractivity contribution in [3.63, 3.8) is 0 Å². The Morgan fingerprint density at radius 1 is 1.38 bits per heavy atom. The number of anilines is 2. The largest absolute Gasteiger partial charge is 0.384 e. The Morgan fingerprint density at radius 2 is 2.25 bits per heavy atom. The number of hydrogen-bond acceptors (Lipinski definition) is 3. The average molecular weight is 214 g/mol. The number of nitrogens with one attached hydrogen (secondary N) is 2. The van der Waals surface area contributed by atoms with Crippen molar-refractivity contribution in [2.75, 3.05) is 11.1 Å². The molecule has 2 heterocycles. The number of carbonyl (C=O) groups excluding carboxylic acids is 1. The van der Waals surface area contributed by atoms with E-state index in [0.29, 0.717) is 12.2 Å². The van der Waals surface area contributed by atoms with Gasteiger partial charge < -0.3 is 11.1 Å². The summed E-state index contributed by atoms with van der Waals surface area (Å²) >= 11 is 0. The Labute approximate surface area is 91.7 Å². The van der Waals surface area contributed by atoms with Crippen LogP contribution >= 0.6 is 0 Å². The molecule has 1 aliphatic rings. The summed E-state index contributed by atoms with van der Waals surface area (Å²) < 4.78 is 0. The second-order valence-corrected chi connectivity index (χ2v) is 3.79. The van der Waals surface area contributed by atoms with Gasteiger partial charge in [-0.05, 0) is 23.3 Å². The maximum absolute atomic E-state index is 11.2. The molecule has 4 N–H and O–H groups in total. The molecule has 0 atom stereocenters. The van der Waals surface area contributed by atoms with E-state index in [1.54, 1.807) is 6.20 Å². The second kappa shape index (κ2) is 3.10. The molecule has 0 aliphatic carbocycles. The van der Waals surface area contributed by atoms with Crippen molar-refractivity contribution in [2.45, 2.75) is 6.42 Å². The molecule has 5 nitrogen and oxygen atoms in total. The lowest BCUT2D eigenvalue weighted by atomic mass is 10.0. The van der Waals surface area contributed by atoms with E-state index in [2.05, 4.69) is 15.5 Å². The summed E-state index contributed by atoms with van der Waals surface area (Å²) in [7, 11) is 0. The van der Waals surface area contributed by atoms with Gasteiger partial charge in [0.05, 0.1) is 12.6 Å². The smallest absolute Gasteiger partial charge is 0.228 e. The predicted molar refractivity (Wildman–Crippen MR) is 60.8 cm³/mol. The van der Waals surface area contributed by atoms with Crippen LogP contribution in [0.4, 0.5) is 11.5 Å². The molecule has 1 aromatic carbocycles. The van der Waals surface area contributed by atoms with Crippen LogP contribution in [0.25, 0.3) is 11.1 Å². The van der Waals surface area contributed by atoms with Crippen LogP contribution in [0, 0.1) is 0 Å². The molecule has 80 valence electrons. The summed E-state index contributed by atoms with van der Waals surface area (Å²) in [6.07, 6.45) is 2.11. The monoisotopic (exact) mass is 214 g/mol. The quantitative estimate of drug-likeness (QED) is 0.665. The molecule has 0 radical (unpaired) electrons. The van der Waals surface area contributed by atoms with Gasteiger partial charge in [0.25, 0.3) is 0 Å². The summed E-state index contributed by atoms with van der Waals surface area (Å²) in [6.45, 7) is 0. The van der Waals surface area contributed by atoms with Gasteiger partial charge in [0.2, 0.25) is 5.91 Å². The van der Waals surface area contributed by atoms with Crippen molar-refractivity contribution in [2.24, 2.45) is 0 Å². The summed E-state index contributed by atoms with van der Waals surface area (Å²) in [5.41, 5.74) is 9.47. The van der Waals surface area contributed by atoms with Gasteiger partial charge in [-0.15, -0.1) is 0 Å². The predicted octanol–water partition coefficient (Wildman–Crippen LogP) is 1.15. The van der Waals surface area contributed by atoms with Crippen LogP contribution in [0.1, 0.15) is 5.56 Å². The number of benzene rings is 1. The van der Waals surface area contributed by atoms with Crippen LogP contribution < -0.4 is 11.1 Å². The number of nitrogen functional groups attached to an aromatic ring is 1. The second-order valence-electron chi connectivity index (χ2n) is 3.79. The minimum atomic E-state index is 0.0346. The number of aromatic amines is 1. The van der Waals surface area contributed by atoms with Crippen LogP contribution in [0.3, 0.4) is 0 Å². The minimum Gasteiger partial charge on any atom is -0.384 e. The fourth-order valence-corrected chi connectivity index (χ4v) is 1.92. The van der Waals surface area contributed by atoms with Gasteiger partial charge in [-0.2, -0.15) is 5.10 Å². The number of fused-ring (bicyclic) bond motifs is 1. The Kier molecular flexibility index (Phi) is 1.73. The third kappa shape index (κ3) is 1.25. The molecule has 16 heavy (non-hydrogen) atoms. The van der Waals surface area contributed by atoms with Gasteiger partial charge in [0.15, 0.2) is 0 Å².